The van der Waals surface area contributed by atoms with Gasteiger partial charge in [-0.15, -0.1) is 0 Å². The van der Waals surface area contributed by atoms with E-state index >= 15 is 0 Å². The van der Waals surface area contributed by atoms with Crippen LogP contribution in [0.15, 0.2) is 28.7 Å². The molecule has 1 aliphatic carbocycles. The fraction of sp³-hybridized carbons (Fsp3) is 0.333. The van der Waals surface area contributed by atoms with E-state index in [4.69, 9.17) is 4.42 Å². The number of hydrogen-bond acceptors (Lipinski definition) is 1. The van der Waals surface area contributed by atoms with E-state index in [1.165, 1.54) is 36.0 Å². The zero-order valence-corrected chi connectivity index (χ0v) is 7.55. The van der Waals surface area contributed by atoms with Gasteiger partial charge in [0.15, 0.2) is 0 Å². The highest BCUT2D eigenvalue weighted by Gasteiger charge is 2.16. The van der Waals surface area contributed by atoms with Crippen molar-refractivity contribution in [1.29, 1.82) is 0 Å². The molecule has 3 rings (SSSR count). The highest BCUT2D eigenvalue weighted by molar-refractivity contribution is 5.82. The highest BCUT2D eigenvalue weighted by Crippen LogP contribution is 2.31. The van der Waals surface area contributed by atoms with Crippen molar-refractivity contribution in [1.82, 2.24) is 0 Å². The molecule has 0 atom stereocenters. The van der Waals surface area contributed by atoms with E-state index in [1.54, 1.807) is 0 Å². The molecule has 1 aromatic heterocycles. The Hall–Kier alpha value is -1.24. The van der Waals surface area contributed by atoms with Gasteiger partial charge in [-0.2, -0.15) is 0 Å². The molecule has 1 heteroatoms. The van der Waals surface area contributed by atoms with E-state index in [0.717, 1.165) is 12.0 Å². The first-order valence-electron chi connectivity index (χ1n) is 4.94. The lowest BCUT2D eigenvalue weighted by molar-refractivity contribution is 0.506. The molecular weight excluding hydrogens is 160 g/mol. The minimum atomic E-state index is 1.06. The van der Waals surface area contributed by atoms with Crippen LogP contribution in [0.4, 0.5) is 0 Å². The summed E-state index contributed by atoms with van der Waals surface area (Å²) in [6.07, 6.45) is 4.93. The predicted octanol–water partition coefficient (Wildman–Crippen LogP) is 3.31. The lowest BCUT2D eigenvalue weighted by Crippen LogP contribution is -1.98. The third-order valence-electron chi connectivity index (χ3n) is 2.86. The SMILES string of the molecule is c1ccc2c3c(oc2c1)CCCC3. The lowest BCUT2D eigenvalue weighted by atomic mass is 9.96. The Labute approximate surface area is 77.4 Å². The average molecular weight is 172 g/mol. The molecule has 1 heterocycles. The first-order chi connectivity index (χ1) is 6.45. The molecular formula is C12H12O. The predicted molar refractivity (Wildman–Crippen MR) is 52.9 cm³/mol. The second-order valence-corrected chi connectivity index (χ2v) is 3.71. The maximum absolute atomic E-state index is 5.79. The summed E-state index contributed by atoms with van der Waals surface area (Å²) >= 11 is 0. The number of hydrogen-bond donors (Lipinski definition) is 0. The molecule has 0 saturated heterocycles. The first-order valence-corrected chi connectivity index (χ1v) is 4.94. The van der Waals surface area contributed by atoms with E-state index in [1.807, 2.05) is 6.07 Å². The van der Waals surface area contributed by atoms with E-state index in [2.05, 4.69) is 18.2 Å². The van der Waals surface area contributed by atoms with Gasteiger partial charge in [0, 0.05) is 17.4 Å². The number of rotatable bonds is 0. The van der Waals surface area contributed by atoms with Crippen LogP contribution in [-0.2, 0) is 12.8 Å². The van der Waals surface area contributed by atoms with Crippen molar-refractivity contribution >= 4 is 11.0 Å². The first kappa shape index (κ1) is 7.19. The molecule has 0 unspecified atom stereocenters. The van der Waals surface area contributed by atoms with Crippen LogP contribution in [-0.4, -0.2) is 0 Å². The third kappa shape index (κ3) is 0.998. The van der Waals surface area contributed by atoms with Gasteiger partial charge >= 0.3 is 0 Å². The van der Waals surface area contributed by atoms with E-state index < -0.39 is 0 Å². The van der Waals surface area contributed by atoms with Gasteiger partial charge in [0.1, 0.15) is 11.3 Å². The molecule has 1 nitrogen and oxygen atoms in total. The van der Waals surface area contributed by atoms with E-state index in [9.17, 15) is 0 Å². The maximum Gasteiger partial charge on any atom is 0.134 e. The Balaban J connectivity index is 2.34. The van der Waals surface area contributed by atoms with Gasteiger partial charge in [-0.05, 0) is 25.3 Å². The largest absolute Gasteiger partial charge is 0.461 e. The van der Waals surface area contributed by atoms with Crippen LogP contribution in [0, 0.1) is 0 Å². The minimum absolute atomic E-state index is 1.06. The number of para-hydroxylation sites is 1. The summed E-state index contributed by atoms with van der Waals surface area (Å²) < 4.78 is 5.79. The van der Waals surface area contributed by atoms with Crippen molar-refractivity contribution in [3.63, 3.8) is 0 Å². The molecule has 0 amide bonds. The van der Waals surface area contributed by atoms with Crippen molar-refractivity contribution in [3.05, 3.63) is 35.6 Å². The van der Waals surface area contributed by atoms with Gasteiger partial charge in [0.05, 0.1) is 0 Å². The fourth-order valence-corrected chi connectivity index (χ4v) is 2.21. The summed E-state index contributed by atoms with van der Waals surface area (Å²) in [7, 11) is 0. The maximum atomic E-state index is 5.79. The Kier molecular flexibility index (Phi) is 1.45. The molecule has 0 radical (unpaired) electrons. The summed E-state index contributed by atoms with van der Waals surface area (Å²) in [6.45, 7) is 0. The molecule has 0 bridgehead atoms. The van der Waals surface area contributed by atoms with Crippen molar-refractivity contribution < 1.29 is 4.42 Å². The molecule has 0 saturated carbocycles. The van der Waals surface area contributed by atoms with Crippen molar-refractivity contribution in [3.8, 4) is 0 Å². The molecule has 0 N–H and O–H groups in total. The lowest BCUT2D eigenvalue weighted by Gasteiger charge is -2.08. The normalized spacial score (nSPS) is 16.0. The molecule has 66 valence electrons. The van der Waals surface area contributed by atoms with Gasteiger partial charge in [-0.1, -0.05) is 18.2 Å². The molecule has 1 aliphatic rings. The Morgan fingerprint density at radius 1 is 1.00 bits per heavy atom. The molecule has 0 fully saturated rings. The van der Waals surface area contributed by atoms with Gasteiger partial charge in [0.2, 0.25) is 0 Å². The molecule has 13 heavy (non-hydrogen) atoms. The molecule has 2 aromatic rings. The highest BCUT2D eigenvalue weighted by atomic mass is 16.3. The Bertz CT molecular complexity index is 439. The summed E-state index contributed by atoms with van der Waals surface area (Å²) in [5, 5.41) is 1.33. The smallest absolute Gasteiger partial charge is 0.134 e. The van der Waals surface area contributed by atoms with Crippen LogP contribution < -0.4 is 0 Å². The summed E-state index contributed by atoms with van der Waals surface area (Å²) in [4.78, 5) is 0. The Morgan fingerprint density at radius 3 is 2.85 bits per heavy atom. The number of furan rings is 1. The standard InChI is InChI=1S/C12H12O/c1-3-7-11-9(5-1)10-6-2-4-8-12(10)13-11/h1,3,5,7H,2,4,6,8H2. The van der Waals surface area contributed by atoms with Crippen LogP contribution in [0.5, 0.6) is 0 Å². The number of fused-ring (bicyclic) bond motifs is 3. The van der Waals surface area contributed by atoms with Crippen LogP contribution in [0.3, 0.4) is 0 Å². The average Bonchev–Trinajstić information content (AvgIpc) is 2.56. The van der Waals surface area contributed by atoms with Crippen molar-refractivity contribution in [2.24, 2.45) is 0 Å². The topological polar surface area (TPSA) is 13.1 Å². The van der Waals surface area contributed by atoms with Crippen LogP contribution in [0.1, 0.15) is 24.2 Å². The quantitative estimate of drug-likeness (QED) is 0.594. The monoisotopic (exact) mass is 172 g/mol. The van der Waals surface area contributed by atoms with Crippen molar-refractivity contribution in [2.75, 3.05) is 0 Å². The van der Waals surface area contributed by atoms with E-state index in [-0.39, 0.29) is 0 Å². The summed E-state index contributed by atoms with van der Waals surface area (Å²) in [6, 6.07) is 8.36. The zero-order valence-electron chi connectivity index (χ0n) is 7.55. The molecule has 0 spiro atoms. The number of benzene rings is 1. The second kappa shape index (κ2) is 2.63. The summed E-state index contributed by atoms with van der Waals surface area (Å²) in [5.41, 5.74) is 2.52. The fourth-order valence-electron chi connectivity index (χ4n) is 2.21. The van der Waals surface area contributed by atoms with E-state index in [0.29, 0.717) is 0 Å². The van der Waals surface area contributed by atoms with Crippen LogP contribution >= 0.6 is 0 Å². The van der Waals surface area contributed by atoms with Crippen LogP contribution in [0.2, 0.25) is 0 Å². The zero-order chi connectivity index (χ0) is 8.67. The van der Waals surface area contributed by atoms with Gasteiger partial charge < -0.3 is 4.42 Å². The molecule has 1 aromatic carbocycles. The van der Waals surface area contributed by atoms with Crippen molar-refractivity contribution in [2.45, 2.75) is 25.7 Å². The second-order valence-electron chi connectivity index (χ2n) is 3.71. The van der Waals surface area contributed by atoms with Gasteiger partial charge in [-0.25, -0.2) is 0 Å². The van der Waals surface area contributed by atoms with Crippen LogP contribution in [0.25, 0.3) is 11.0 Å². The minimum Gasteiger partial charge on any atom is -0.461 e. The Morgan fingerprint density at radius 2 is 1.85 bits per heavy atom. The number of aryl methyl sites for hydroxylation is 2. The molecule has 0 aliphatic heterocycles. The third-order valence-corrected chi connectivity index (χ3v) is 2.86. The van der Waals surface area contributed by atoms with Gasteiger partial charge in [-0.3, -0.25) is 0 Å². The van der Waals surface area contributed by atoms with Gasteiger partial charge in [0.25, 0.3) is 0 Å². The summed E-state index contributed by atoms with van der Waals surface area (Å²) in [5.74, 6) is 1.23.